The average molecular weight is 478 g/mol. The van der Waals surface area contributed by atoms with Gasteiger partial charge in [0.15, 0.2) is 21.3 Å². The summed E-state index contributed by atoms with van der Waals surface area (Å²) in [5.41, 5.74) is 2.18. The van der Waals surface area contributed by atoms with Gasteiger partial charge in [-0.15, -0.1) is 0 Å². The first-order chi connectivity index (χ1) is 15.7. The molecule has 0 bridgehead atoms. The summed E-state index contributed by atoms with van der Waals surface area (Å²) in [6.07, 6.45) is -0.210. The van der Waals surface area contributed by atoms with Crippen LogP contribution in [0.25, 0.3) is 0 Å². The van der Waals surface area contributed by atoms with E-state index in [-0.39, 0.29) is 24.2 Å². The Bertz CT molecular complexity index is 1010. The highest BCUT2D eigenvalue weighted by atomic mass is 32.2. The van der Waals surface area contributed by atoms with Crippen LogP contribution < -0.4 is 14.2 Å². The minimum Gasteiger partial charge on any atom is -0.493 e. The molecule has 1 saturated heterocycles. The van der Waals surface area contributed by atoms with Gasteiger partial charge in [0.1, 0.15) is 18.5 Å². The van der Waals surface area contributed by atoms with Crippen molar-refractivity contribution in [3.05, 3.63) is 53.6 Å². The SMILES string of the molecule is COc1ccc(CN(CC(O)COc2ccc(C(C)C)cc2)C2CCS(=O)(=O)C2)cc1OC. The van der Waals surface area contributed by atoms with E-state index in [1.54, 1.807) is 14.2 Å². The third-order valence-corrected chi connectivity index (χ3v) is 7.74. The van der Waals surface area contributed by atoms with E-state index in [0.717, 1.165) is 5.56 Å². The number of ether oxygens (including phenoxy) is 3. The third-order valence-electron chi connectivity index (χ3n) is 5.99. The molecule has 3 rings (SSSR count). The predicted molar refractivity (Wildman–Crippen MR) is 129 cm³/mol. The molecular weight excluding hydrogens is 442 g/mol. The van der Waals surface area contributed by atoms with Crippen LogP contribution in [0.2, 0.25) is 0 Å². The number of sulfone groups is 1. The molecule has 1 N–H and O–H groups in total. The van der Waals surface area contributed by atoms with E-state index in [1.807, 2.05) is 47.4 Å². The van der Waals surface area contributed by atoms with Crippen molar-refractivity contribution in [1.82, 2.24) is 4.90 Å². The summed E-state index contributed by atoms with van der Waals surface area (Å²) in [5.74, 6) is 2.67. The third kappa shape index (κ3) is 7.09. The van der Waals surface area contributed by atoms with Gasteiger partial charge >= 0.3 is 0 Å². The summed E-state index contributed by atoms with van der Waals surface area (Å²) in [4.78, 5) is 2.03. The minimum atomic E-state index is -3.06. The Hall–Kier alpha value is -2.29. The Morgan fingerprint density at radius 1 is 1.06 bits per heavy atom. The second kappa shape index (κ2) is 11.2. The molecule has 2 unspecified atom stereocenters. The molecule has 1 aliphatic rings. The fourth-order valence-corrected chi connectivity index (χ4v) is 5.85. The summed E-state index contributed by atoms with van der Waals surface area (Å²) in [6.45, 7) is 5.19. The molecule has 8 heteroatoms. The Morgan fingerprint density at radius 3 is 2.33 bits per heavy atom. The molecule has 0 aliphatic carbocycles. The monoisotopic (exact) mass is 477 g/mol. The van der Waals surface area contributed by atoms with Crippen molar-refractivity contribution in [3.63, 3.8) is 0 Å². The number of benzene rings is 2. The quantitative estimate of drug-likeness (QED) is 0.532. The van der Waals surface area contributed by atoms with E-state index in [9.17, 15) is 13.5 Å². The van der Waals surface area contributed by atoms with Crippen LogP contribution >= 0.6 is 0 Å². The standard InChI is InChI=1S/C25H35NO6S/c1-18(2)20-6-8-23(9-7-20)32-16-22(27)15-26(21-11-12-33(28,29)17-21)14-19-5-10-24(30-3)25(13-19)31-4/h5-10,13,18,21-22,27H,11-12,14-17H2,1-4H3. The molecular formula is C25H35NO6S. The van der Waals surface area contributed by atoms with Crippen LogP contribution in [0.5, 0.6) is 17.2 Å². The second-order valence-electron chi connectivity index (χ2n) is 8.86. The smallest absolute Gasteiger partial charge is 0.161 e. The molecule has 1 fully saturated rings. The minimum absolute atomic E-state index is 0.102. The van der Waals surface area contributed by atoms with E-state index in [2.05, 4.69) is 13.8 Å². The van der Waals surface area contributed by atoms with Crippen molar-refractivity contribution in [1.29, 1.82) is 0 Å². The van der Waals surface area contributed by atoms with E-state index in [4.69, 9.17) is 14.2 Å². The van der Waals surface area contributed by atoms with Gasteiger partial charge in [0.05, 0.1) is 25.7 Å². The van der Waals surface area contributed by atoms with Crippen LogP contribution in [-0.2, 0) is 16.4 Å². The lowest BCUT2D eigenvalue weighted by Crippen LogP contribution is -2.42. The largest absolute Gasteiger partial charge is 0.493 e. The van der Waals surface area contributed by atoms with Gasteiger partial charge in [-0.25, -0.2) is 8.42 Å². The topological polar surface area (TPSA) is 85.3 Å². The normalized spacial score (nSPS) is 18.5. The zero-order valence-electron chi connectivity index (χ0n) is 19.9. The van der Waals surface area contributed by atoms with Crippen LogP contribution in [-0.4, -0.2) is 69.4 Å². The van der Waals surface area contributed by atoms with Crippen molar-refractivity contribution in [2.45, 2.75) is 44.9 Å². The first-order valence-corrected chi connectivity index (χ1v) is 13.1. The summed E-state index contributed by atoms with van der Waals surface area (Å²) < 4.78 is 40.7. The highest BCUT2D eigenvalue weighted by Gasteiger charge is 2.33. The Morgan fingerprint density at radius 2 is 1.76 bits per heavy atom. The number of rotatable bonds is 11. The van der Waals surface area contributed by atoms with Gasteiger partial charge in [0.25, 0.3) is 0 Å². The molecule has 33 heavy (non-hydrogen) atoms. The molecule has 0 radical (unpaired) electrons. The molecule has 7 nitrogen and oxygen atoms in total. The molecule has 2 aromatic rings. The van der Waals surface area contributed by atoms with Gasteiger partial charge in [-0.1, -0.05) is 32.0 Å². The summed E-state index contributed by atoms with van der Waals surface area (Å²) in [5, 5.41) is 10.7. The van der Waals surface area contributed by atoms with E-state index >= 15 is 0 Å². The molecule has 1 aliphatic heterocycles. The van der Waals surface area contributed by atoms with Gasteiger partial charge in [-0.05, 0) is 47.7 Å². The number of aliphatic hydroxyl groups is 1. The van der Waals surface area contributed by atoms with Crippen molar-refractivity contribution in [2.24, 2.45) is 0 Å². The zero-order chi connectivity index (χ0) is 24.0. The van der Waals surface area contributed by atoms with Gasteiger partial charge in [0.2, 0.25) is 0 Å². The molecule has 0 aromatic heterocycles. The molecule has 1 heterocycles. The number of nitrogens with zero attached hydrogens (tertiary/aromatic N) is 1. The number of methoxy groups -OCH3 is 2. The number of hydrogen-bond donors (Lipinski definition) is 1. The molecule has 2 atom stereocenters. The fraction of sp³-hybridized carbons (Fsp3) is 0.520. The second-order valence-corrected chi connectivity index (χ2v) is 11.1. The molecule has 2 aromatic carbocycles. The van der Waals surface area contributed by atoms with Gasteiger partial charge in [-0.2, -0.15) is 0 Å². The summed E-state index contributed by atoms with van der Waals surface area (Å²) >= 11 is 0. The Labute approximate surface area is 197 Å². The van der Waals surface area contributed by atoms with Crippen LogP contribution in [0.15, 0.2) is 42.5 Å². The highest BCUT2D eigenvalue weighted by molar-refractivity contribution is 7.91. The predicted octanol–water partition coefficient (Wildman–Crippen LogP) is 3.26. The summed E-state index contributed by atoms with van der Waals surface area (Å²) in [6, 6.07) is 13.4. The van der Waals surface area contributed by atoms with Crippen LogP contribution in [0.1, 0.15) is 37.3 Å². The molecule has 0 amide bonds. The van der Waals surface area contributed by atoms with E-state index in [1.165, 1.54) is 5.56 Å². The van der Waals surface area contributed by atoms with Crippen molar-refractivity contribution >= 4 is 9.84 Å². The lowest BCUT2D eigenvalue weighted by atomic mass is 10.0. The van der Waals surface area contributed by atoms with E-state index < -0.39 is 15.9 Å². The zero-order valence-corrected chi connectivity index (χ0v) is 20.7. The van der Waals surface area contributed by atoms with Gasteiger partial charge in [0, 0.05) is 19.1 Å². The van der Waals surface area contributed by atoms with Gasteiger partial charge < -0.3 is 19.3 Å². The Balaban J connectivity index is 1.67. The molecule has 0 spiro atoms. The number of aliphatic hydroxyl groups excluding tert-OH is 1. The molecule has 0 saturated carbocycles. The summed E-state index contributed by atoms with van der Waals surface area (Å²) in [7, 11) is 0.107. The van der Waals surface area contributed by atoms with Crippen molar-refractivity contribution in [3.8, 4) is 17.2 Å². The maximum atomic E-state index is 12.1. The van der Waals surface area contributed by atoms with Crippen molar-refractivity contribution < 1.29 is 27.7 Å². The van der Waals surface area contributed by atoms with Crippen LogP contribution in [0.3, 0.4) is 0 Å². The lowest BCUT2D eigenvalue weighted by Gasteiger charge is -2.30. The number of hydrogen-bond acceptors (Lipinski definition) is 7. The molecule has 182 valence electrons. The highest BCUT2D eigenvalue weighted by Crippen LogP contribution is 2.29. The van der Waals surface area contributed by atoms with Crippen molar-refractivity contribution in [2.75, 3.05) is 38.9 Å². The van der Waals surface area contributed by atoms with Crippen LogP contribution in [0.4, 0.5) is 0 Å². The lowest BCUT2D eigenvalue weighted by molar-refractivity contribution is 0.0524. The fourth-order valence-electron chi connectivity index (χ4n) is 4.08. The van der Waals surface area contributed by atoms with Gasteiger partial charge in [-0.3, -0.25) is 4.90 Å². The van der Waals surface area contributed by atoms with Crippen LogP contribution in [0, 0.1) is 0 Å². The van der Waals surface area contributed by atoms with E-state index in [0.29, 0.717) is 42.7 Å². The first kappa shape index (κ1) is 25.3. The average Bonchev–Trinajstić information content (AvgIpc) is 3.17. The maximum Gasteiger partial charge on any atom is 0.161 e. The first-order valence-electron chi connectivity index (χ1n) is 11.3. The maximum absolute atomic E-state index is 12.1. The Kier molecular flexibility index (Phi) is 8.62.